The number of rotatable bonds is 8. The number of hydrogen-bond acceptors (Lipinski definition) is 5. The molecule has 148 valence electrons. The van der Waals surface area contributed by atoms with Crippen LogP contribution in [0.5, 0.6) is 0 Å². The van der Waals surface area contributed by atoms with Crippen LogP contribution >= 0.6 is 11.3 Å². The van der Waals surface area contributed by atoms with Gasteiger partial charge in [0.25, 0.3) is 17.7 Å². The largest absolute Gasteiger partial charge is 0.414 e. The lowest BCUT2D eigenvalue weighted by Gasteiger charge is -2.16. The molecule has 0 saturated carbocycles. The summed E-state index contributed by atoms with van der Waals surface area (Å²) < 4.78 is 45.7. The van der Waals surface area contributed by atoms with Gasteiger partial charge in [-0.05, 0) is 30.0 Å². The number of carbonyl (C=O) groups is 1. The number of benzene rings is 1. The van der Waals surface area contributed by atoms with Gasteiger partial charge >= 0.3 is 0 Å². The van der Waals surface area contributed by atoms with Gasteiger partial charge in [-0.1, -0.05) is 13.0 Å². The summed E-state index contributed by atoms with van der Waals surface area (Å²) in [6, 6.07) is 5.48. The Balaban J connectivity index is 1.64. The number of hydrogen-bond donors (Lipinski definition) is 2. The molecule has 2 heterocycles. The first-order chi connectivity index (χ1) is 13.5. The summed E-state index contributed by atoms with van der Waals surface area (Å²) >= 11 is 1.47. The fraction of sp³-hybridized carbons (Fsp3) is 0.278. The van der Waals surface area contributed by atoms with Crippen molar-refractivity contribution in [1.29, 1.82) is 0 Å². The standard InChI is InChI=1S/C18H17F3N4O2S/c1-2-7-25(10-15-23-24-18(27-15)13-4-3-8-28-13)9-14(26)22-12-6-5-11(19)16(20)17(12)21/h3-6,8H,2,7,9-10H2,1H3,(H,22,26)/p+1. The fourth-order valence-electron chi connectivity index (χ4n) is 2.68. The zero-order valence-electron chi connectivity index (χ0n) is 15.0. The van der Waals surface area contributed by atoms with Gasteiger partial charge in [0.2, 0.25) is 0 Å². The van der Waals surface area contributed by atoms with Crippen molar-refractivity contribution < 1.29 is 27.3 Å². The molecule has 10 heteroatoms. The average molecular weight is 411 g/mol. The third-order valence-corrected chi connectivity index (χ3v) is 4.78. The van der Waals surface area contributed by atoms with Crippen LogP contribution in [-0.4, -0.2) is 29.2 Å². The van der Waals surface area contributed by atoms with Gasteiger partial charge in [0.15, 0.2) is 30.5 Å². The summed E-state index contributed by atoms with van der Waals surface area (Å²) in [6.45, 7) is 2.87. The number of halogens is 3. The quantitative estimate of drug-likeness (QED) is 0.559. The van der Waals surface area contributed by atoms with Crippen molar-refractivity contribution in [2.24, 2.45) is 0 Å². The van der Waals surface area contributed by atoms with E-state index in [1.807, 2.05) is 24.4 Å². The minimum Gasteiger partial charge on any atom is -0.414 e. The highest BCUT2D eigenvalue weighted by molar-refractivity contribution is 7.13. The Labute approximate surface area is 163 Å². The van der Waals surface area contributed by atoms with Gasteiger partial charge in [0, 0.05) is 0 Å². The van der Waals surface area contributed by atoms with E-state index in [0.717, 1.165) is 28.3 Å². The number of thiophene rings is 1. The van der Waals surface area contributed by atoms with Crippen molar-refractivity contribution in [2.45, 2.75) is 19.9 Å². The Hall–Kier alpha value is -2.72. The maximum atomic E-state index is 13.7. The van der Waals surface area contributed by atoms with Crippen LogP contribution in [0, 0.1) is 17.5 Å². The highest BCUT2D eigenvalue weighted by atomic mass is 32.1. The lowest BCUT2D eigenvalue weighted by molar-refractivity contribution is -0.907. The normalized spacial score (nSPS) is 12.1. The summed E-state index contributed by atoms with van der Waals surface area (Å²) in [4.78, 5) is 13.9. The predicted octanol–water partition coefficient (Wildman–Crippen LogP) is 2.65. The maximum absolute atomic E-state index is 13.7. The maximum Gasteiger partial charge on any atom is 0.279 e. The smallest absolute Gasteiger partial charge is 0.279 e. The summed E-state index contributed by atoms with van der Waals surface area (Å²) in [5.41, 5.74) is -0.405. The van der Waals surface area contributed by atoms with Gasteiger partial charge in [0.1, 0.15) is 0 Å². The van der Waals surface area contributed by atoms with Crippen LogP contribution in [-0.2, 0) is 11.3 Å². The third kappa shape index (κ3) is 4.76. The topological polar surface area (TPSA) is 72.5 Å². The molecule has 0 aliphatic heterocycles. The van der Waals surface area contributed by atoms with E-state index in [1.54, 1.807) is 0 Å². The van der Waals surface area contributed by atoms with Crippen LogP contribution in [0.25, 0.3) is 10.8 Å². The molecule has 1 unspecified atom stereocenters. The van der Waals surface area contributed by atoms with Crippen LogP contribution in [0.15, 0.2) is 34.1 Å². The first-order valence-electron chi connectivity index (χ1n) is 8.61. The summed E-state index contributed by atoms with van der Waals surface area (Å²) in [6.07, 6.45) is 0.786. The molecule has 0 aliphatic carbocycles. The highest BCUT2D eigenvalue weighted by Gasteiger charge is 2.21. The highest BCUT2D eigenvalue weighted by Crippen LogP contribution is 2.22. The second kappa shape index (κ2) is 8.98. The van der Waals surface area contributed by atoms with Gasteiger partial charge in [-0.15, -0.1) is 21.5 Å². The zero-order valence-corrected chi connectivity index (χ0v) is 15.8. The van der Waals surface area contributed by atoms with E-state index in [1.165, 1.54) is 11.3 Å². The van der Waals surface area contributed by atoms with Crippen molar-refractivity contribution in [3.8, 4) is 10.8 Å². The number of nitrogens with zero attached hydrogens (tertiary/aromatic N) is 2. The number of carbonyl (C=O) groups excluding carboxylic acids is 1. The molecule has 2 N–H and O–H groups in total. The molecule has 1 aromatic carbocycles. The summed E-state index contributed by atoms with van der Waals surface area (Å²) in [5, 5.41) is 12.2. The minimum absolute atomic E-state index is 0.0248. The molecule has 0 spiro atoms. The van der Waals surface area contributed by atoms with E-state index in [9.17, 15) is 18.0 Å². The molecule has 28 heavy (non-hydrogen) atoms. The van der Waals surface area contributed by atoms with Crippen molar-refractivity contribution in [1.82, 2.24) is 10.2 Å². The van der Waals surface area contributed by atoms with Crippen LogP contribution in [0.2, 0.25) is 0 Å². The van der Waals surface area contributed by atoms with Crippen LogP contribution in [0.1, 0.15) is 19.2 Å². The molecular formula is C18H18F3N4O2S+. The Morgan fingerprint density at radius 1 is 1.21 bits per heavy atom. The molecule has 0 aliphatic rings. The average Bonchev–Trinajstić information content (AvgIpc) is 3.34. The van der Waals surface area contributed by atoms with Gasteiger partial charge in [-0.25, -0.2) is 13.2 Å². The molecular weight excluding hydrogens is 393 g/mol. The molecule has 2 aromatic heterocycles. The molecule has 6 nitrogen and oxygen atoms in total. The van der Waals surface area contributed by atoms with Crippen LogP contribution < -0.4 is 10.2 Å². The SMILES string of the molecule is CCC[NH+](CC(=O)Nc1ccc(F)c(F)c1F)Cc1nnc(-c2cccs2)o1. The number of aromatic nitrogens is 2. The van der Waals surface area contributed by atoms with E-state index in [-0.39, 0.29) is 6.54 Å². The van der Waals surface area contributed by atoms with Crippen molar-refractivity contribution >= 4 is 22.9 Å². The van der Waals surface area contributed by atoms with Gasteiger partial charge in [-0.2, -0.15) is 0 Å². The lowest BCUT2D eigenvalue weighted by Crippen LogP contribution is -3.11. The van der Waals surface area contributed by atoms with Gasteiger partial charge < -0.3 is 14.6 Å². The van der Waals surface area contributed by atoms with Crippen molar-refractivity contribution in [2.75, 3.05) is 18.4 Å². The Morgan fingerprint density at radius 2 is 2.04 bits per heavy atom. The summed E-state index contributed by atoms with van der Waals surface area (Å²) in [7, 11) is 0. The number of anilines is 1. The van der Waals surface area contributed by atoms with E-state index in [4.69, 9.17) is 4.42 Å². The minimum atomic E-state index is -1.62. The molecule has 0 bridgehead atoms. The van der Waals surface area contributed by atoms with Gasteiger partial charge in [-0.3, -0.25) is 4.79 Å². The Bertz CT molecular complexity index is 946. The predicted molar refractivity (Wildman–Crippen MR) is 97.2 cm³/mol. The molecule has 3 aromatic rings. The second-order valence-electron chi connectivity index (χ2n) is 6.10. The number of amides is 1. The van der Waals surface area contributed by atoms with Crippen LogP contribution in [0.4, 0.5) is 18.9 Å². The first kappa shape index (κ1) is 20.0. The molecule has 1 atom stereocenters. The molecule has 0 radical (unpaired) electrons. The molecule has 3 rings (SSSR count). The third-order valence-electron chi connectivity index (χ3n) is 3.92. The molecule has 0 fully saturated rings. The second-order valence-corrected chi connectivity index (χ2v) is 7.05. The molecule has 0 saturated heterocycles. The zero-order chi connectivity index (χ0) is 20.1. The van der Waals surface area contributed by atoms with Crippen molar-refractivity contribution in [3.05, 3.63) is 53.0 Å². The fourth-order valence-corrected chi connectivity index (χ4v) is 3.32. The first-order valence-corrected chi connectivity index (χ1v) is 9.49. The number of nitrogens with one attached hydrogen (secondary N) is 2. The Kier molecular flexibility index (Phi) is 6.42. The summed E-state index contributed by atoms with van der Waals surface area (Å²) in [5.74, 6) is -4.11. The monoisotopic (exact) mass is 411 g/mol. The lowest BCUT2D eigenvalue weighted by atomic mass is 10.2. The van der Waals surface area contributed by atoms with E-state index in [0.29, 0.717) is 24.9 Å². The Morgan fingerprint density at radius 3 is 2.75 bits per heavy atom. The van der Waals surface area contributed by atoms with E-state index in [2.05, 4.69) is 15.5 Å². The number of quaternary nitrogens is 1. The van der Waals surface area contributed by atoms with E-state index < -0.39 is 29.0 Å². The van der Waals surface area contributed by atoms with Gasteiger partial charge in [0.05, 0.1) is 17.1 Å². The molecule has 1 amide bonds. The van der Waals surface area contributed by atoms with Crippen molar-refractivity contribution in [3.63, 3.8) is 0 Å². The van der Waals surface area contributed by atoms with Crippen LogP contribution in [0.3, 0.4) is 0 Å². The van der Waals surface area contributed by atoms with E-state index >= 15 is 0 Å².